The summed E-state index contributed by atoms with van der Waals surface area (Å²) in [6.45, 7) is 4.69. The minimum atomic E-state index is -2.97. The van der Waals surface area contributed by atoms with Gasteiger partial charge in [-0.15, -0.1) is 5.92 Å². The standard InChI is InChI=1S/C41H55NO13/c1-5-7-9-12-15-18-31(43)19-16-13-10-11-14-17-20-33(41(50,27-36(44)45)39(48)53-28-35-29(3)54-40(49)55-35)37(46)42-34(38(47)51-4)26-30-21-23-32(24-22-30)52-25-8-6-2/h17,20-24,33-34,50H,5,7,9-16,18-19,25-28H2,1-4H3,(H,42,46)(H,44,45)/b20-17+/t33-,34+,41-/m1/s1. The number of carboxylic acids is 1. The van der Waals surface area contributed by atoms with Gasteiger partial charge in [-0.05, 0) is 57.2 Å². The van der Waals surface area contributed by atoms with E-state index in [1.165, 1.54) is 19.4 Å². The minimum absolute atomic E-state index is 0.00399. The number of Topliss-reactive ketones (excluding diaryl/α,β-unsaturated/α-hetero) is 1. The molecule has 55 heavy (non-hydrogen) atoms. The number of hydrogen-bond donors (Lipinski definition) is 3. The molecule has 0 saturated heterocycles. The monoisotopic (exact) mass is 769 g/mol. The molecule has 0 aliphatic rings. The Kier molecular flexibility index (Phi) is 20.9. The van der Waals surface area contributed by atoms with E-state index in [0.717, 1.165) is 52.1 Å². The summed E-state index contributed by atoms with van der Waals surface area (Å²) in [5.41, 5.74) is -2.37. The van der Waals surface area contributed by atoms with Gasteiger partial charge in [0, 0.05) is 19.3 Å². The van der Waals surface area contributed by atoms with Crippen LogP contribution in [0, 0.1) is 24.7 Å². The highest BCUT2D eigenvalue weighted by Gasteiger charge is 2.50. The van der Waals surface area contributed by atoms with Gasteiger partial charge in [0.05, 0.1) is 19.4 Å². The van der Waals surface area contributed by atoms with Crippen molar-refractivity contribution in [3.63, 3.8) is 0 Å². The number of ether oxygens (including phenoxy) is 3. The number of aryl methyl sites for hydroxylation is 1. The van der Waals surface area contributed by atoms with Gasteiger partial charge in [-0.3, -0.25) is 14.4 Å². The zero-order valence-corrected chi connectivity index (χ0v) is 32.3. The van der Waals surface area contributed by atoms with E-state index in [0.29, 0.717) is 37.0 Å². The number of nitrogens with one attached hydrogen (secondary N) is 1. The second kappa shape index (κ2) is 25.0. The van der Waals surface area contributed by atoms with Crippen LogP contribution in [0.1, 0.15) is 114 Å². The Morgan fingerprint density at radius 1 is 0.964 bits per heavy atom. The Morgan fingerprint density at radius 3 is 2.20 bits per heavy atom. The van der Waals surface area contributed by atoms with Crippen molar-refractivity contribution in [1.29, 1.82) is 0 Å². The van der Waals surface area contributed by atoms with Gasteiger partial charge >= 0.3 is 23.7 Å². The van der Waals surface area contributed by atoms with Crippen LogP contribution >= 0.6 is 0 Å². The van der Waals surface area contributed by atoms with Crippen molar-refractivity contribution in [3.8, 4) is 17.6 Å². The molecule has 2 rings (SSSR count). The molecule has 14 heteroatoms. The van der Waals surface area contributed by atoms with Gasteiger partial charge in [0.2, 0.25) is 5.91 Å². The smallest absolute Gasteiger partial charge is 0.481 e. The maximum atomic E-state index is 14.0. The van der Waals surface area contributed by atoms with Crippen molar-refractivity contribution in [3.05, 3.63) is 64.1 Å². The lowest BCUT2D eigenvalue weighted by molar-refractivity contribution is -0.179. The Morgan fingerprint density at radius 2 is 1.62 bits per heavy atom. The third-order valence-electron chi connectivity index (χ3n) is 8.86. The number of esters is 2. The number of rotatable bonds is 27. The molecule has 0 unspecified atom stereocenters. The summed E-state index contributed by atoms with van der Waals surface area (Å²) in [5, 5.41) is 24.0. The summed E-state index contributed by atoms with van der Waals surface area (Å²) in [5.74, 6) is -1.80. The summed E-state index contributed by atoms with van der Waals surface area (Å²) < 4.78 is 25.2. The fourth-order valence-corrected chi connectivity index (χ4v) is 5.73. The SMILES string of the molecule is CC#CCOc1ccc(C[C@H](NC(=O)[C@@H](/C=C/CCCCCCC(=O)CCCCCCC)[C@](O)(CC(=O)O)C(=O)OCc2oc(=O)oc2C)C(=O)OC)cc1. The van der Waals surface area contributed by atoms with Crippen molar-refractivity contribution >= 4 is 29.6 Å². The molecule has 1 aromatic carbocycles. The third kappa shape index (κ3) is 16.8. The number of methoxy groups -OCH3 is 1. The fraction of sp³-hybridized carbons (Fsp3) is 0.561. The Balaban J connectivity index is 2.23. The van der Waals surface area contributed by atoms with Crippen LogP contribution in [0.15, 0.2) is 50.0 Å². The Labute approximate surface area is 322 Å². The molecule has 302 valence electrons. The van der Waals surface area contributed by atoms with E-state index in [2.05, 4.69) is 24.1 Å². The maximum absolute atomic E-state index is 14.0. The predicted octanol–water partition coefficient (Wildman–Crippen LogP) is 5.54. The van der Waals surface area contributed by atoms with Crippen LogP contribution in [0.5, 0.6) is 5.75 Å². The first-order chi connectivity index (χ1) is 26.3. The van der Waals surface area contributed by atoms with Crippen molar-refractivity contribution in [2.24, 2.45) is 5.92 Å². The van der Waals surface area contributed by atoms with E-state index in [1.807, 2.05) is 0 Å². The molecule has 0 radical (unpaired) electrons. The maximum Gasteiger partial charge on any atom is 0.519 e. The highest BCUT2D eigenvalue weighted by molar-refractivity contribution is 5.95. The highest BCUT2D eigenvalue weighted by atomic mass is 16.6. The number of aliphatic hydroxyl groups is 1. The van der Waals surface area contributed by atoms with Gasteiger partial charge in [-0.2, -0.15) is 0 Å². The average molecular weight is 770 g/mol. The molecule has 0 aliphatic heterocycles. The average Bonchev–Trinajstić information content (AvgIpc) is 3.48. The molecule has 0 fully saturated rings. The van der Waals surface area contributed by atoms with Crippen LogP contribution in [0.3, 0.4) is 0 Å². The molecular weight excluding hydrogens is 714 g/mol. The van der Waals surface area contributed by atoms with E-state index >= 15 is 0 Å². The largest absolute Gasteiger partial charge is 0.519 e. The molecule has 2 aromatic rings. The van der Waals surface area contributed by atoms with Crippen LogP contribution in [0.4, 0.5) is 0 Å². The van der Waals surface area contributed by atoms with Crippen LogP contribution in [0.2, 0.25) is 0 Å². The van der Waals surface area contributed by atoms with Crippen LogP contribution in [0.25, 0.3) is 0 Å². The van der Waals surface area contributed by atoms with E-state index in [1.54, 1.807) is 37.3 Å². The number of allylic oxidation sites excluding steroid dienone is 1. The minimum Gasteiger partial charge on any atom is -0.481 e. The Bertz CT molecular complexity index is 1680. The number of ketones is 1. The third-order valence-corrected chi connectivity index (χ3v) is 8.86. The lowest BCUT2D eigenvalue weighted by Gasteiger charge is -2.31. The van der Waals surface area contributed by atoms with Crippen LogP contribution in [-0.2, 0) is 46.5 Å². The number of aliphatic carboxylic acids is 1. The topological polar surface area (TPSA) is 209 Å². The van der Waals surface area contributed by atoms with Gasteiger partial charge in [-0.25, -0.2) is 14.4 Å². The van der Waals surface area contributed by atoms with E-state index in [-0.39, 0.29) is 30.3 Å². The van der Waals surface area contributed by atoms with Crippen LogP contribution < -0.4 is 15.9 Å². The quantitative estimate of drug-likeness (QED) is 0.0442. The molecule has 1 heterocycles. The summed E-state index contributed by atoms with van der Waals surface area (Å²) in [6.07, 6.45) is 11.4. The molecular formula is C41H55NO13. The first-order valence-electron chi connectivity index (χ1n) is 18.7. The number of carbonyl (C=O) groups is 5. The Hall–Kier alpha value is -5.16. The van der Waals surface area contributed by atoms with E-state index in [9.17, 15) is 39.0 Å². The van der Waals surface area contributed by atoms with Crippen molar-refractivity contribution in [2.75, 3.05) is 13.7 Å². The van der Waals surface area contributed by atoms with Gasteiger partial charge in [0.1, 0.15) is 24.2 Å². The molecule has 0 spiro atoms. The van der Waals surface area contributed by atoms with Crippen molar-refractivity contribution in [1.82, 2.24) is 5.32 Å². The summed E-state index contributed by atoms with van der Waals surface area (Å²) in [7, 11) is 1.13. The van der Waals surface area contributed by atoms with Gasteiger partial charge in [0.25, 0.3) is 0 Å². The molecule has 3 N–H and O–H groups in total. The second-order valence-corrected chi connectivity index (χ2v) is 13.2. The number of unbranched alkanes of at least 4 members (excludes halogenated alkanes) is 8. The van der Waals surface area contributed by atoms with Crippen LogP contribution in [-0.4, -0.2) is 65.2 Å². The molecule has 0 aliphatic carbocycles. The zero-order chi connectivity index (χ0) is 40.6. The number of hydrogen-bond acceptors (Lipinski definition) is 12. The normalized spacial score (nSPS) is 13.2. The lowest BCUT2D eigenvalue weighted by atomic mass is 9.82. The lowest BCUT2D eigenvalue weighted by Crippen LogP contribution is -2.56. The number of amides is 1. The van der Waals surface area contributed by atoms with E-state index < -0.39 is 60.2 Å². The highest BCUT2D eigenvalue weighted by Crippen LogP contribution is 2.28. The predicted molar refractivity (Wildman–Crippen MR) is 201 cm³/mol. The molecule has 1 aromatic heterocycles. The number of carbonyl (C=O) groups excluding carboxylic acids is 4. The van der Waals surface area contributed by atoms with Gasteiger partial charge < -0.3 is 38.6 Å². The van der Waals surface area contributed by atoms with Gasteiger partial charge in [0.15, 0.2) is 23.7 Å². The fourth-order valence-electron chi connectivity index (χ4n) is 5.73. The zero-order valence-electron chi connectivity index (χ0n) is 32.3. The molecule has 14 nitrogen and oxygen atoms in total. The second-order valence-electron chi connectivity index (χ2n) is 13.2. The molecule has 3 atom stereocenters. The summed E-state index contributed by atoms with van der Waals surface area (Å²) in [4.78, 5) is 76.0. The summed E-state index contributed by atoms with van der Waals surface area (Å²) >= 11 is 0. The molecule has 0 saturated carbocycles. The van der Waals surface area contributed by atoms with Gasteiger partial charge in [-0.1, -0.05) is 75.7 Å². The van der Waals surface area contributed by atoms with E-state index in [4.69, 9.17) is 23.0 Å². The van der Waals surface area contributed by atoms with Crippen molar-refractivity contribution < 1.29 is 57.2 Å². The number of benzene rings is 1. The van der Waals surface area contributed by atoms with Crippen molar-refractivity contribution in [2.45, 2.75) is 129 Å². The summed E-state index contributed by atoms with van der Waals surface area (Å²) in [6, 6.07) is 5.36. The first kappa shape index (κ1) is 46.0. The first-order valence-corrected chi connectivity index (χ1v) is 18.7. The number of carboxylic acid groups (broad SMARTS) is 1. The molecule has 0 bridgehead atoms. The molecule has 1 amide bonds.